The van der Waals surface area contributed by atoms with Gasteiger partial charge in [0.05, 0.1) is 35.8 Å². The molecule has 0 unspecified atom stereocenters. The maximum Gasteiger partial charge on any atom is 0.416 e. The maximum absolute atomic E-state index is 13.2. The van der Waals surface area contributed by atoms with Crippen molar-refractivity contribution in [3.05, 3.63) is 71.7 Å². The van der Waals surface area contributed by atoms with Crippen molar-refractivity contribution in [2.24, 2.45) is 0 Å². The highest BCUT2D eigenvalue weighted by Crippen LogP contribution is 2.33. The van der Waals surface area contributed by atoms with Crippen molar-refractivity contribution < 1.29 is 31.9 Å². The molecule has 2 aromatic heterocycles. The number of carbonyl (C=O) groups is 1. The number of imidazole rings is 1. The third kappa shape index (κ3) is 4.36. The molecule has 1 N–H and O–H groups in total. The molecule has 0 spiro atoms. The van der Waals surface area contributed by atoms with E-state index in [2.05, 4.69) is 10.3 Å². The molecular weight excluding hydrogens is 439 g/mol. The number of furan rings is 1. The number of hydrogen-bond acceptors (Lipinski definition) is 5. The molecule has 7 nitrogen and oxygen atoms in total. The minimum Gasteiger partial charge on any atom is -0.486 e. The highest BCUT2D eigenvalue weighted by atomic mass is 19.4. The molecule has 0 atom stereocenters. The smallest absolute Gasteiger partial charge is 0.416 e. The average molecular weight is 457 g/mol. The molecule has 0 saturated heterocycles. The molecule has 0 fully saturated rings. The van der Waals surface area contributed by atoms with E-state index in [-0.39, 0.29) is 30.3 Å². The zero-order valence-electron chi connectivity index (χ0n) is 17.2. The van der Waals surface area contributed by atoms with E-state index in [0.29, 0.717) is 41.6 Å². The fourth-order valence-corrected chi connectivity index (χ4v) is 3.67. The Morgan fingerprint density at radius 1 is 1.06 bits per heavy atom. The van der Waals surface area contributed by atoms with Crippen LogP contribution >= 0.6 is 0 Å². The van der Waals surface area contributed by atoms with Crippen LogP contribution in [0.1, 0.15) is 16.9 Å². The number of anilines is 1. The second-order valence-electron chi connectivity index (χ2n) is 7.51. The highest BCUT2D eigenvalue weighted by molar-refractivity contribution is 5.93. The van der Waals surface area contributed by atoms with Gasteiger partial charge in [-0.05, 0) is 48.0 Å². The quantitative estimate of drug-likeness (QED) is 0.472. The molecule has 5 rings (SSSR count). The van der Waals surface area contributed by atoms with Crippen LogP contribution in [-0.2, 0) is 23.9 Å². The molecule has 33 heavy (non-hydrogen) atoms. The maximum atomic E-state index is 13.2. The van der Waals surface area contributed by atoms with Gasteiger partial charge in [0.15, 0.2) is 11.5 Å². The van der Waals surface area contributed by atoms with Gasteiger partial charge < -0.3 is 18.5 Å². The van der Waals surface area contributed by atoms with Gasteiger partial charge >= 0.3 is 6.18 Å². The van der Waals surface area contributed by atoms with E-state index in [1.807, 2.05) is 0 Å². The Labute approximate surface area is 185 Å². The number of alkyl halides is 3. The highest BCUT2D eigenvalue weighted by Gasteiger charge is 2.31. The summed E-state index contributed by atoms with van der Waals surface area (Å²) in [6, 6.07) is 12.0. The molecule has 0 radical (unpaired) electrons. The summed E-state index contributed by atoms with van der Waals surface area (Å²) >= 11 is 0. The molecule has 170 valence electrons. The molecule has 1 amide bonds. The Hall–Kier alpha value is -3.95. The van der Waals surface area contributed by atoms with Gasteiger partial charge in [-0.25, -0.2) is 4.98 Å². The number of fused-ring (bicyclic) bond motifs is 2. The molecule has 2 aromatic carbocycles. The van der Waals surface area contributed by atoms with E-state index in [0.717, 1.165) is 12.1 Å². The Kier molecular flexibility index (Phi) is 5.20. The van der Waals surface area contributed by atoms with Crippen molar-refractivity contribution in [2.75, 3.05) is 18.5 Å². The number of carbonyl (C=O) groups excluding carboxylic acids is 1. The molecule has 0 aliphatic carbocycles. The normalized spacial score (nSPS) is 13.3. The van der Waals surface area contributed by atoms with Crippen LogP contribution in [0, 0.1) is 0 Å². The molecule has 0 saturated carbocycles. The fraction of sp³-hybridized carbons (Fsp3) is 0.217. The number of benzene rings is 2. The van der Waals surface area contributed by atoms with E-state index in [9.17, 15) is 18.0 Å². The number of rotatable bonds is 5. The standard InChI is InChI=1S/C23H18F3N3O4/c24-23(25,26)15-4-5-18-17(12-15)27-22(29(18)13-16-2-1-7-31-16)28-21(30)11-14-3-6-19-20(10-14)33-9-8-32-19/h1-7,10,12H,8-9,11,13H2,(H,27,28,30). The Bertz CT molecular complexity index is 1310. The van der Waals surface area contributed by atoms with Gasteiger partial charge in [0.2, 0.25) is 11.9 Å². The summed E-state index contributed by atoms with van der Waals surface area (Å²) in [6.45, 7) is 1.09. The van der Waals surface area contributed by atoms with E-state index in [4.69, 9.17) is 13.9 Å². The number of nitrogens with zero attached hydrogens (tertiary/aromatic N) is 2. The summed E-state index contributed by atoms with van der Waals surface area (Å²) in [5.74, 6) is 1.50. The second kappa shape index (κ2) is 8.19. The molecule has 1 aliphatic rings. The van der Waals surface area contributed by atoms with Crippen LogP contribution in [0.5, 0.6) is 11.5 Å². The van der Waals surface area contributed by atoms with E-state index < -0.39 is 11.7 Å². The lowest BCUT2D eigenvalue weighted by atomic mass is 10.1. The number of hydrogen-bond donors (Lipinski definition) is 1. The van der Waals surface area contributed by atoms with Crippen molar-refractivity contribution in [3.8, 4) is 11.5 Å². The first-order valence-corrected chi connectivity index (χ1v) is 10.1. The summed E-state index contributed by atoms with van der Waals surface area (Å²) in [5.41, 5.74) is 0.441. The number of nitrogens with one attached hydrogen (secondary N) is 1. The van der Waals surface area contributed by atoms with Gasteiger partial charge in [-0.1, -0.05) is 6.07 Å². The summed E-state index contributed by atoms with van der Waals surface area (Å²) in [6.07, 6.45) is -2.98. The van der Waals surface area contributed by atoms with Crippen molar-refractivity contribution in [3.63, 3.8) is 0 Å². The van der Waals surface area contributed by atoms with Crippen LogP contribution in [0.4, 0.5) is 19.1 Å². The molecule has 1 aliphatic heterocycles. The first-order chi connectivity index (χ1) is 15.9. The number of halogens is 3. The minimum absolute atomic E-state index is 0.0222. The summed E-state index contributed by atoms with van der Waals surface area (Å²) < 4.78 is 57.5. The summed E-state index contributed by atoms with van der Waals surface area (Å²) in [4.78, 5) is 17.0. The summed E-state index contributed by atoms with van der Waals surface area (Å²) in [7, 11) is 0. The van der Waals surface area contributed by atoms with Crippen molar-refractivity contribution in [1.29, 1.82) is 0 Å². The van der Waals surface area contributed by atoms with E-state index in [1.54, 1.807) is 34.9 Å². The monoisotopic (exact) mass is 457 g/mol. The Morgan fingerprint density at radius 3 is 2.64 bits per heavy atom. The SMILES string of the molecule is O=C(Cc1ccc2c(c1)OCCO2)Nc1nc2cc(C(F)(F)F)ccc2n1Cc1ccco1. The van der Waals surface area contributed by atoms with Gasteiger partial charge in [0.1, 0.15) is 19.0 Å². The third-order valence-corrected chi connectivity index (χ3v) is 5.19. The number of amides is 1. The minimum atomic E-state index is -4.50. The Balaban J connectivity index is 1.43. The lowest BCUT2D eigenvalue weighted by Gasteiger charge is -2.18. The lowest BCUT2D eigenvalue weighted by molar-refractivity contribution is -0.137. The molecule has 3 heterocycles. The zero-order valence-corrected chi connectivity index (χ0v) is 17.2. The van der Waals surface area contributed by atoms with Crippen molar-refractivity contribution >= 4 is 22.9 Å². The number of aromatic nitrogens is 2. The first kappa shape index (κ1) is 20.9. The number of ether oxygens (including phenoxy) is 2. The molecular formula is C23H18F3N3O4. The van der Waals surface area contributed by atoms with E-state index >= 15 is 0 Å². The predicted octanol–water partition coefficient (Wildman–Crippen LogP) is 4.65. The van der Waals surface area contributed by atoms with Crippen LogP contribution in [0.15, 0.2) is 59.2 Å². The average Bonchev–Trinajstić information content (AvgIpc) is 3.41. The van der Waals surface area contributed by atoms with E-state index in [1.165, 1.54) is 12.3 Å². The second-order valence-corrected chi connectivity index (χ2v) is 7.51. The lowest BCUT2D eigenvalue weighted by Crippen LogP contribution is -2.19. The van der Waals surface area contributed by atoms with Crippen molar-refractivity contribution in [1.82, 2.24) is 9.55 Å². The van der Waals surface area contributed by atoms with Crippen LogP contribution in [0.2, 0.25) is 0 Å². The zero-order chi connectivity index (χ0) is 23.0. The van der Waals surface area contributed by atoms with Crippen LogP contribution < -0.4 is 14.8 Å². The van der Waals surface area contributed by atoms with Gasteiger partial charge in [0.25, 0.3) is 0 Å². The van der Waals surface area contributed by atoms with Gasteiger partial charge in [-0.15, -0.1) is 0 Å². The van der Waals surface area contributed by atoms with Crippen LogP contribution in [0.3, 0.4) is 0 Å². The van der Waals surface area contributed by atoms with Gasteiger partial charge in [-0.3, -0.25) is 10.1 Å². The predicted molar refractivity (Wildman–Crippen MR) is 112 cm³/mol. The molecule has 10 heteroatoms. The van der Waals surface area contributed by atoms with Gasteiger partial charge in [0, 0.05) is 0 Å². The molecule has 0 bridgehead atoms. The van der Waals surface area contributed by atoms with Crippen LogP contribution in [0.25, 0.3) is 11.0 Å². The topological polar surface area (TPSA) is 78.5 Å². The van der Waals surface area contributed by atoms with Crippen LogP contribution in [-0.4, -0.2) is 28.7 Å². The third-order valence-electron chi connectivity index (χ3n) is 5.19. The summed E-state index contributed by atoms with van der Waals surface area (Å²) in [5, 5.41) is 2.72. The fourth-order valence-electron chi connectivity index (χ4n) is 3.67. The molecule has 4 aromatic rings. The van der Waals surface area contributed by atoms with Crippen molar-refractivity contribution in [2.45, 2.75) is 19.1 Å². The largest absolute Gasteiger partial charge is 0.486 e. The Morgan fingerprint density at radius 2 is 1.88 bits per heavy atom. The first-order valence-electron chi connectivity index (χ1n) is 10.1. The van der Waals surface area contributed by atoms with Gasteiger partial charge in [-0.2, -0.15) is 13.2 Å².